The van der Waals surface area contributed by atoms with Crippen LogP contribution in [-0.2, 0) is 6.42 Å². The van der Waals surface area contributed by atoms with Crippen molar-refractivity contribution in [3.63, 3.8) is 0 Å². The van der Waals surface area contributed by atoms with E-state index in [-0.39, 0.29) is 10.4 Å². The van der Waals surface area contributed by atoms with Crippen molar-refractivity contribution in [2.45, 2.75) is 19.8 Å². The van der Waals surface area contributed by atoms with E-state index in [0.29, 0.717) is 23.4 Å². The lowest BCUT2D eigenvalue weighted by Crippen LogP contribution is -2.24. The third-order valence-electron chi connectivity index (χ3n) is 3.54. The summed E-state index contributed by atoms with van der Waals surface area (Å²) in [4.78, 5) is 17.3. The van der Waals surface area contributed by atoms with E-state index in [2.05, 4.69) is 4.98 Å². The molecule has 1 heterocycles. The van der Waals surface area contributed by atoms with Crippen LogP contribution in [0.15, 0.2) is 41.2 Å². The molecule has 3 nitrogen and oxygen atoms in total. The standard InChI is InChI=1S/C17H13ClF2N2O/c1-2-4-14-21-13-8-7-12(20)16(18)15(13)17(23)22(14)11-6-3-5-10(19)9-11/h3,5-9H,2,4H2,1H3. The molecule has 0 aliphatic heterocycles. The SMILES string of the molecule is CCCc1nc2ccc(F)c(Cl)c2c(=O)n1-c1cccc(F)c1. The van der Waals surface area contributed by atoms with Crippen LogP contribution in [0, 0.1) is 11.6 Å². The van der Waals surface area contributed by atoms with E-state index >= 15 is 0 Å². The predicted molar refractivity (Wildman–Crippen MR) is 86.3 cm³/mol. The Morgan fingerprint density at radius 2 is 2.00 bits per heavy atom. The van der Waals surface area contributed by atoms with E-state index in [4.69, 9.17) is 11.6 Å². The minimum Gasteiger partial charge on any atom is -0.268 e. The molecule has 0 fully saturated rings. The fourth-order valence-corrected chi connectivity index (χ4v) is 2.77. The number of aryl methyl sites for hydroxylation is 1. The van der Waals surface area contributed by atoms with Crippen LogP contribution in [0.2, 0.25) is 5.02 Å². The first-order valence-corrected chi connectivity index (χ1v) is 7.56. The van der Waals surface area contributed by atoms with Gasteiger partial charge in [0, 0.05) is 6.42 Å². The van der Waals surface area contributed by atoms with Gasteiger partial charge in [-0.1, -0.05) is 24.6 Å². The van der Waals surface area contributed by atoms with Crippen LogP contribution in [0.5, 0.6) is 0 Å². The fourth-order valence-electron chi connectivity index (χ4n) is 2.53. The highest BCUT2D eigenvalue weighted by Gasteiger charge is 2.17. The minimum atomic E-state index is -0.688. The number of fused-ring (bicyclic) bond motifs is 1. The maximum absolute atomic E-state index is 13.7. The first kappa shape index (κ1) is 15.6. The van der Waals surface area contributed by atoms with Crippen LogP contribution in [0.4, 0.5) is 8.78 Å². The van der Waals surface area contributed by atoms with E-state index in [1.807, 2.05) is 6.92 Å². The Bertz CT molecular complexity index is 953. The Morgan fingerprint density at radius 3 is 2.70 bits per heavy atom. The van der Waals surface area contributed by atoms with Crippen molar-refractivity contribution < 1.29 is 8.78 Å². The minimum absolute atomic E-state index is 0.00391. The number of hydrogen-bond donors (Lipinski definition) is 0. The monoisotopic (exact) mass is 334 g/mol. The van der Waals surface area contributed by atoms with E-state index in [1.165, 1.54) is 34.9 Å². The lowest BCUT2D eigenvalue weighted by atomic mass is 10.2. The Balaban J connectivity index is 2.43. The van der Waals surface area contributed by atoms with Crippen molar-refractivity contribution in [3.05, 3.63) is 69.2 Å². The van der Waals surface area contributed by atoms with Gasteiger partial charge in [-0.05, 0) is 36.8 Å². The maximum Gasteiger partial charge on any atom is 0.267 e. The molecule has 6 heteroatoms. The summed E-state index contributed by atoms with van der Waals surface area (Å²) in [5, 5.41) is -0.274. The molecule has 0 atom stereocenters. The van der Waals surface area contributed by atoms with Crippen molar-refractivity contribution in [1.29, 1.82) is 0 Å². The van der Waals surface area contributed by atoms with Gasteiger partial charge in [0.15, 0.2) is 0 Å². The van der Waals surface area contributed by atoms with Crippen LogP contribution in [-0.4, -0.2) is 9.55 Å². The summed E-state index contributed by atoms with van der Waals surface area (Å²) < 4.78 is 28.5. The summed E-state index contributed by atoms with van der Waals surface area (Å²) >= 11 is 5.95. The molecule has 0 saturated carbocycles. The number of benzene rings is 2. The zero-order valence-electron chi connectivity index (χ0n) is 12.3. The van der Waals surface area contributed by atoms with Gasteiger partial charge in [-0.2, -0.15) is 0 Å². The van der Waals surface area contributed by atoms with E-state index < -0.39 is 17.2 Å². The van der Waals surface area contributed by atoms with Gasteiger partial charge in [0.25, 0.3) is 5.56 Å². The van der Waals surface area contributed by atoms with Crippen LogP contribution in [0.3, 0.4) is 0 Å². The molecule has 0 amide bonds. The first-order chi connectivity index (χ1) is 11.0. The van der Waals surface area contributed by atoms with Crippen LogP contribution in [0.1, 0.15) is 19.2 Å². The molecule has 0 aliphatic rings. The topological polar surface area (TPSA) is 34.9 Å². The smallest absolute Gasteiger partial charge is 0.267 e. The molecule has 3 aromatic rings. The summed E-state index contributed by atoms with van der Waals surface area (Å²) in [6.07, 6.45) is 1.28. The lowest BCUT2D eigenvalue weighted by Gasteiger charge is -2.14. The van der Waals surface area contributed by atoms with Gasteiger partial charge in [-0.3, -0.25) is 9.36 Å². The lowest BCUT2D eigenvalue weighted by molar-refractivity contribution is 0.624. The number of aromatic nitrogens is 2. The fraction of sp³-hybridized carbons (Fsp3) is 0.176. The molecule has 2 aromatic carbocycles. The third-order valence-corrected chi connectivity index (χ3v) is 3.91. The van der Waals surface area contributed by atoms with Crippen LogP contribution < -0.4 is 5.56 Å². The van der Waals surface area contributed by atoms with Gasteiger partial charge < -0.3 is 0 Å². The second-order valence-corrected chi connectivity index (χ2v) is 5.53. The van der Waals surface area contributed by atoms with Gasteiger partial charge in [0.1, 0.15) is 17.5 Å². The molecule has 0 N–H and O–H groups in total. The normalized spacial score (nSPS) is 11.1. The highest BCUT2D eigenvalue weighted by Crippen LogP contribution is 2.24. The zero-order valence-corrected chi connectivity index (χ0v) is 13.1. The van der Waals surface area contributed by atoms with E-state index in [9.17, 15) is 13.6 Å². The molecular weight excluding hydrogens is 322 g/mol. The molecule has 1 aromatic heterocycles. The second kappa shape index (κ2) is 6.08. The van der Waals surface area contributed by atoms with Crippen molar-refractivity contribution in [2.24, 2.45) is 0 Å². The summed E-state index contributed by atoms with van der Waals surface area (Å²) in [7, 11) is 0. The maximum atomic E-state index is 13.7. The number of halogens is 3. The quantitative estimate of drug-likeness (QED) is 0.717. The van der Waals surface area contributed by atoms with Gasteiger partial charge in [0.2, 0.25) is 0 Å². The van der Waals surface area contributed by atoms with Crippen molar-refractivity contribution in [3.8, 4) is 5.69 Å². The van der Waals surface area contributed by atoms with E-state index in [0.717, 1.165) is 6.42 Å². The molecule has 0 bridgehead atoms. The van der Waals surface area contributed by atoms with Gasteiger partial charge in [-0.15, -0.1) is 0 Å². The molecule has 118 valence electrons. The highest BCUT2D eigenvalue weighted by atomic mass is 35.5. The highest BCUT2D eigenvalue weighted by molar-refractivity contribution is 6.35. The summed E-state index contributed by atoms with van der Waals surface area (Å²) in [5.41, 5.74) is 0.166. The van der Waals surface area contributed by atoms with Crippen molar-refractivity contribution in [1.82, 2.24) is 9.55 Å². The largest absolute Gasteiger partial charge is 0.268 e. The third kappa shape index (κ3) is 2.72. The van der Waals surface area contributed by atoms with Gasteiger partial charge in [-0.25, -0.2) is 13.8 Å². The Labute approximate surface area is 136 Å². The summed E-state index contributed by atoms with van der Waals surface area (Å²) in [6, 6.07) is 8.23. The number of hydrogen-bond acceptors (Lipinski definition) is 2. The molecule has 23 heavy (non-hydrogen) atoms. The predicted octanol–water partition coefficient (Wildman–Crippen LogP) is 4.27. The first-order valence-electron chi connectivity index (χ1n) is 7.18. The Hall–Kier alpha value is -2.27. The van der Waals surface area contributed by atoms with Crippen molar-refractivity contribution >= 4 is 22.5 Å². The number of rotatable bonds is 3. The summed E-state index contributed by atoms with van der Waals surface area (Å²) in [5.74, 6) is -0.673. The summed E-state index contributed by atoms with van der Waals surface area (Å²) in [6.45, 7) is 1.95. The Morgan fingerprint density at radius 1 is 1.22 bits per heavy atom. The zero-order chi connectivity index (χ0) is 16.6. The Kier molecular flexibility index (Phi) is 4.13. The van der Waals surface area contributed by atoms with Crippen molar-refractivity contribution in [2.75, 3.05) is 0 Å². The molecule has 0 radical (unpaired) electrons. The van der Waals surface area contributed by atoms with Gasteiger partial charge in [0.05, 0.1) is 21.6 Å². The van der Waals surface area contributed by atoms with Crippen LogP contribution in [0.25, 0.3) is 16.6 Å². The molecule has 3 rings (SSSR count). The average molecular weight is 335 g/mol. The average Bonchev–Trinajstić information content (AvgIpc) is 2.51. The molecule has 0 aliphatic carbocycles. The van der Waals surface area contributed by atoms with E-state index in [1.54, 1.807) is 6.07 Å². The molecule has 0 unspecified atom stereocenters. The molecule has 0 saturated heterocycles. The van der Waals surface area contributed by atoms with Crippen LogP contribution >= 0.6 is 11.6 Å². The number of nitrogens with zero attached hydrogens (tertiary/aromatic N) is 2. The van der Waals surface area contributed by atoms with Gasteiger partial charge >= 0.3 is 0 Å². The second-order valence-electron chi connectivity index (χ2n) is 5.15. The molecular formula is C17H13ClF2N2O. The molecule has 0 spiro atoms.